The lowest BCUT2D eigenvalue weighted by molar-refractivity contribution is 0.0472. The van der Waals surface area contributed by atoms with Crippen LogP contribution in [0.3, 0.4) is 0 Å². The number of pyridine rings is 1. The van der Waals surface area contributed by atoms with Crippen LogP contribution in [0, 0.1) is 5.95 Å². The molecule has 1 aromatic heterocycles. The number of hydrogen-bond donors (Lipinski definition) is 2. The van der Waals surface area contributed by atoms with Gasteiger partial charge in [0.25, 0.3) is 0 Å². The summed E-state index contributed by atoms with van der Waals surface area (Å²) in [7, 11) is 0. The second-order valence-corrected chi connectivity index (χ2v) is 6.94. The zero-order valence-corrected chi connectivity index (χ0v) is 16.6. The van der Waals surface area contributed by atoms with Crippen molar-refractivity contribution in [1.82, 2.24) is 10.3 Å². The fourth-order valence-corrected chi connectivity index (χ4v) is 3.15. The quantitative estimate of drug-likeness (QED) is 0.560. The Bertz CT molecular complexity index is 1080. The lowest BCUT2D eigenvalue weighted by Gasteiger charge is -2.14. The number of para-hydroxylation sites is 1. The van der Waals surface area contributed by atoms with Crippen molar-refractivity contribution < 1.29 is 18.8 Å². The van der Waals surface area contributed by atoms with Crippen molar-refractivity contribution >= 4 is 17.4 Å². The molecule has 158 valence electrons. The molecule has 0 saturated carbocycles. The summed E-state index contributed by atoms with van der Waals surface area (Å²) in [5, 5.41) is 9.24. The molecule has 8 heteroatoms. The first-order valence-electron chi connectivity index (χ1n) is 9.82. The molecule has 31 heavy (non-hydrogen) atoms. The van der Waals surface area contributed by atoms with E-state index in [1.807, 2.05) is 54.6 Å². The van der Waals surface area contributed by atoms with Gasteiger partial charge in [-0.25, -0.2) is 9.78 Å². The van der Waals surface area contributed by atoms with Crippen molar-refractivity contribution in [2.75, 3.05) is 18.5 Å². The van der Waals surface area contributed by atoms with E-state index in [4.69, 9.17) is 9.57 Å². The largest absolute Gasteiger partial charge is 0.489 e. The summed E-state index contributed by atoms with van der Waals surface area (Å²) in [4.78, 5) is 20.8. The van der Waals surface area contributed by atoms with E-state index in [1.54, 1.807) is 0 Å². The maximum Gasteiger partial charge on any atom is 0.319 e. The maximum atomic E-state index is 13.1. The minimum absolute atomic E-state index is 0.219. The third-order valence-electron chi connectivity index (χ3n) is 4.63. The molecule has 1 aliphatic heterocycles. The van der Waals surface area contributed by atoms with Crippen molar-refractivity contribution in [3.63, 3.8) is 0 Å². The van der Waals surface area contributed by atoms with Crippen LogP contribution in [0.5, 0.6) is 5.75 Å². The minimum atomic E-state index is -0.664. The van der Waals surface area contributed by atoms with E-state index in [0.717, 1.165) is 22.9 Å². The van der Waals surface area contributed by atoms with Crippen molar-refractivity contribution in [2.24, 2.45) is 5.16 Å². The molecular weight excluding hydrogens is 399 g/mol. The average Bonchev–Trinajstić information content (AvgIpc) is 3.25. The Morgan fingerprint density at radius 1 is 1.13 bits per heavy atom. The number of anilines is 1. The number of rotatable bonds is 7. The Morgan fingerprint density at radius 2 is 1.94 bits per heavy atom. The summed E-state index contributed by atoms with van der Waals surface area (Å²) >= 11 is 0. The monoisotopic (exact) mass is 420 g/mol. The molecule has 0 aliphatic carbocycles. The normalized spacial score (nSPS) is 15.0. The first kappa shape index (κ1) is 20.3. The Kier molecular flexibility index (Phi) is 6.37. The second-order valence-electron chi connectivity index (χ2n) is 6.94. The predicted molar refractivity (Wildman–Crippen MR) is 116 cm³/mol. The van der Waals surface area contributed by atoms with Crippen LogP contribution < -0.4 is 15.4 Å². The molecular formula is C23H21FN4O3. The maximum absolute atomic E-state index is 13.1. The van der Waals surface area contributed by atoms with Crippen LogP contribution in [-0.2, 0) is 4.84 Å². The molecule has 4 rings (SSSR count). The number of carbonyl (C=O) groups excluding carboxylic acids is 1. The summed E-state index contributed by atoms with van der Waals surface area (Å²) in [5.41, 5.74) is 3.10. The standard InChI is InChI=1S/C23H21FN4O3/c24-22-13-17(10-11-25-22)27-23(29)26-14-18-12-19(31-28-18)15-30-21-9-5-4-8-20(21)16-6-2-1-3-7-16/h1-11,13,19H,12,14-15H2,(H2,25,26,27,29). The highest BCUT2D eigenvalue weighted by molar-refractivity contribution is 5.94. The number of ether oxygens (including phenoxy) is 1. The van der Waals surface area contributed by atoms with Gasteiger partial charge in [0.15, 0.2) is 6.10 Å². The predicted octanol–water partition coefficient (Wildman–Crippen LogP) is 4.23. The number of halogens is 1. The highest BCUT2D eigenvalue weighted by Crippen LogP contribution is 2.30. The molecule has 0 spiro atoms. The molecule has 2 amide bonds. The highest BCUT2D eigenvalue weighted by atomic mass is 19.1. The van der Waals surface area contributed by atoms with Gasteiger partial charge in [0.1, 0.15) is 12.4 Å². The number of amides is 2. The first-order valence-corrected chi connectivity index (χ1v) is 9.82. The molecule has 7 nitrogen and oxygen atoms in total. The summed E-state index contributed by atoms with van der Waals surface area (Å²) in [6.07, 6.45) is 1.58. The molecule has 0 radical (unpaired) electrons. The average molecular weight is 420 g/mol. The molecule has 3 aromatic rings. The van der Waals surface area contributed by atoms with Crippen LogP contribution in [0.4, 0.5) is 14.9 Å². The van der Waals surface area contributed by atoms with Crippen LogP contribution in [0.15, 0.2) is 78.1 Å². The molecule has 1 unspecified atom stereocenters. The molecule has 2 N–H and O–H groups in total. The number of nitrogens with zero attached hydrogens (tertiary/aromatic N) is 2. The number of aromatic nitrogens is 1. The van der Waals surface area contributed by atoms with Gasteiger partial charge in [0.05, 0.1) is 12.3 Å². The van der Waals surface area contributed by atoms with E-state index < -0.39 is 12.0 Å². The van der Waals surface area contributed by atoms with Gasteiger partial charge >= 0.3 is 6.03 Å². The summed E-state index contributed by atoms with van der Waals surface area (Å²) in [5.74, 6) is 0.107. The van der Waals surface area contributed by atoms with E-state index in [-0.39, 0.29) is 12.6 Å². The van der Waals surface area contributed by atoms with E-state index in [1.165, 1.54) is 12.3 Å². The lowest BCUT2D eigenvalue weighted by Crippen LogP contribution is -2.33. The molecule has 0 bridgehead atoms. The minimum Gasteiger partial charge on any atom is -0.489 e. The molecule has 1 aliphatic rings. The summed E-state index contributed by atoms with van der Waals surface area (Å²) in [6.45, 7) is 0.551. The van der Waals surface area contributed by atoms with Crippen molar-refractivity contribution in [2.45, 2.75) is 12.5 Å². The number of urea groups is 1. The Hall–Kier alpha value is -3.94. The third-order valence-corrected chi connectivity index (χ3v) is 4.63. The number of carbonyl (C=O) groups is 1. The van der Waals surface area contributed by atoms with E-state index in [0.29, 0.717) is 24.4 Å². The Morgan fingerprint density at radius 3 is 2.77 bits per heavy atom. The van der Waals surface area contributed by atoms with Gasteiger partial charge < -0.3 is 20.2 Å². The smallest absolute Gasteiger partial charge is 0.319 e. The molecule has 2 heterocycles. The van der Waals surface area contributed by atoms with E-state index in [9.17, 15) is 9.18 Å². The van der Waals surface area contributed by atoms with E-state index >= 15 is 0 Å². The number of nitrogens with one attached hydrogen (secondary N) is 2. The summed E-state index contributed by atoms with van der Waals surface area (Å²) < 4.78 is 19.1. The fourth-order valence-electron chi connectivity index (χ4n) is 3.15. The second kappa shape index (κ2) is 9.71. The number of hydrogen-bond acceptors (Lipinski definition) is 5. The topological polar surface area (TPSA) is 84.8 Å². The zero-order chi connectivity index (χ0) is 21.5. The number of benzene rings is 2. The first-order chi connectivity index (χ1) is 15.2. The van der Waals surface area contributed by atoms with Crippen LogP contribution in [0.2, 0.25) is 0 Å². The van der Waals surface area contributed by atoms with Gasteiger partial charge in [0, 0.05) is 29.9 Å². The van der Waals surface area contributed by atoms with Crippen LogP contribution in [0.25, 0.3) is 11.1 Å². The molecule has 2 aromatic carbocycles. The third kappa shape index (κ3) is 5.57. The SMILES string of the molecule is O=C(NCC1=NOC(COc2ccccc2-c2ccccc2)C1)Nc1ccnc(F)c1. The number of oxime groups is 1. The lowest BCUT2D eigenvalue weighted by atomic mass is 10.0. The van der Waals surface area contributed by atoms with Crippen LogP contribution in [0.1, 0.15) is 6.42 Å². The summed E-state index contributed by atoms with van der Waals surface area (Å²) in [6, 6.07) is 20.0. The van der Waals surface area contributed by atoms with Crippen molar-refractivity contribution in [3.05, 3.63) is 78.9 Å². The molecule has 0 fully saturated rings. The van der Waals surface area contributed by atoms with Crippen molar-refractivity contribution in [1.29, 1.82) is 0 Å². The van der Waals surface area contributed by atoms with Crippen LogP contribution in [-0.4, -0.2) is 36.0 Å². The Labute approximate surface area is 178 Å². The van der Waals surface area contributed by atoms with Gasteiger partial charge in [-0.2, -0.15) is 4.39 Å². The van der Waals surface area contributed by atoms with Gasteiger partial charge in [-0.1, -0.05) is 53.7 Å². The van der Waals surface area contributed by atoms with Gasteiger partial charge in [0.2, 0.25) is 5.95 Å². The molecule has 1 atom stereocenters. The van der Waals surface area contributed by atoms with Gasteiger partial charge in [-0.15, -0.1) is 0 Å². The highest BCUT2D eigenvalue weighted by Gasteiger charge is 2.22. The molecule has 0 saturated heterocycles. The Balaban J connectivity index is 1.24. The van der Waals surface area contributed by atoms with Crippen LogP contribution >= 0.6 is 0 Å². The zero-order valence-electron chi connectivity index (χ0n) is 16.6. The van der Waals surface area contributed by atoms with Crippen molar-refractivity contribution in [3.8, 4) is 16.9 Å². The fraction of sp³-hybridized carbons (Fsp3) is 0.174. The van der Waals surface area contributed by atoms with Gasteiger partial charge in [-0.3, -0.25) is 0 Å². The van der Waals surface area contributed by atoms with Gasteiger partial charge in [-0.05, 0) is 17.7 Å². The van der Waals surface area contributed by atoms with E-state index in [2.05, 4.69) is 20.8 Å².